The van der Waals surface area contributed by atoms with Crippen LogP contribution in [-0.4, -0.2) is 54.1 Å². The lowest BCUT2D eigenvalue weighted by Crippen LogP contribution is -2.50. The highest BCUT2D eigenvalue weighted by molar-refractivity contribution is 7.89. The maximum Gasteiger partial charge on any atom is 0.274 e. The summed E-state index contributed by atoms with van der Waals surface area (Å²) >= 11 is 1.31. The maximum atomic E-state index is 13.0. The summed E-state index contributed by atoms with van der Waals surface area (Å²) in [6.07, 6.45) is 0.923. The topological polar surface area (TPSA) is 70.6 Å². The van der Waals surface area contributed by atoms with E-state index in [0.29, 0.717) is 29.6 Å². The number of aromatic nitrogens is 1. The van der Waals surface area contributed by atoms with Crippen LogP contribution < -0.4 is 0 Å². The monoisotopic (exact) mass is 443 g/mol. The van der Waals surface area contributed by atoms with Gasteiger partial charge in [-0.2, -0.15) is 8.68 Å². The third-order valence-corrected chi connectivity index (χ3v) is 8.05. The van der Waals surface area contributed by atoms with Gasteiger partial charge < -0.3 is 4.90 Å². The summed E-state index contributed by atoms with van der Waals surface area (Å²) in [5.41, 5.74) is 1.59. The van der Waals surface area contributed by atoms with E-state index in [9.17, 15) is 13.2 Å². The Labute approximate surface area is 181 Å². The van der Waals surface area contributed by atoms with Gasteiger partial charge in [-0.3, -0.25) is 4.79 Å². The van der Waals surface area contributed by atoms with Gasteiger partial charge in [0.1, 0.15) is 5.69 Å². The molecule has 2 heterocycles. The predicted molar refractivity (Wildman–Crippen MR) is 119 cm³/mol. The first-order valence-electron chi connectivity index (χ1n) is 10.1. The zero-order valence-corrected chi connectivity index (χ0v) is 18.7. The van der Waals surface area contributed by atoms with Crippen LogP contribution in [-0.2, 0) is 16.4 Å². The molecule has 3 aromatic rings. The number of sulfonamides is 1. The molecule has 1 amide bonds. The van der Waals surface area contributed by atoms with Gasteiger partial charge in [-0.05, 0) is 47.6 Å². The van der Waals surface area contributed by atoms with Crippen molar-refractivity contribution in [3.63, 3.8) is 0 Å². The molecule has 30 heavy (non-hydrogen) atoms. The van der Waals surface area contributed by atoms with E-state index >= 15 is 0 Å². The molecule has 0 bridgehead atoms. The number of piperazine rings is 1. The SMILES string of the molecule is CC(C)Cc1ccc(S(=O)(=O)N2CCN(C(=O)c3nsc4ccccc34)CC2)cc1. The summed E-state index contributed by atoms with van der Waals surface area (Å²) in [5.74, 6) is 0.385. The third-order valence-electron chi connectivity index (χ3n) is 5.31. The number of fused-ring (bicyclic) bond motifs is 1. The van der Waals surface area contributed by atoms with Crippen LogP contribution in [0.15, 0.2) is 53.4 Å². The largest absolute Gasteiger partial charge is 0.335 e. The summed E-state index contributed by atoms with van der Waals surface area (Å²) in [5, 5.41) is 0.851. The molecule has 158 valence electrons. The molecule has 2 aromatic carbocycles. The van der Waals surface area contributed by atoms with Crippen LogP contribution in [0.3, 0.4) is 0 Å². The van der Waals surface area contributed by atoms with E-state index in [4.69, 9.17) is 0 Å². The minimum Gasteiger partial charge on any atom is -0.335 e. The number of hydrogen-bond donors (Lipinski definition) is 0. The molecule has 1 fully saturated rings. The number of carbonyl (C=O) groups is 1. The van der Waals surface area contributed by atoms with Crippen molar-refractivity contribution in [3.8, 4) is 0 Å². The van der Waals surface area contributed by atoms with Gasteiger partial charge in [0.05, 0.1) is 9.60 Å². The Balaban J connectivity index is 1.44. The summed E-state index contributed by atoms with van der Waals surface area (Å²) in [7, 11) is -3.56. The molecular formula is C22H25N3O3S2. The molecule has 0 radical (unpaired) electrons. The standard InChI is InChI=1S/C22H25N3O3S2/c1-16(2)15-17-7-9-18(10-8-17)30(27,28)25-13-11-24(12-14-25)22(26)21-19-5-3-4-6-20(19)29-23-21/h3-10,16H,11-15H2,1-2H3. The minimum absolute atomic E-state index is 0.137. The second-order valence-corrected chi connectivity index (χ2v) is 10.7. The Morgan fingerprint density at radius 2 is 1.70 bits per heavy atom. The van der Waals surface area contributed by atoms with Gasteiger partial charge >= 0.3 is 0 Å². The Morgan fingerprint density at radius 1 is 1.03 bits per heavy atom. The maximum absolute atomic E-state index is 13.0. The van der Waals surface area contributed by atoms with Gasteiger partial charge in [0, 0.05) is 31.6 Å². The molecule has 0 unspecified atom stereocenters. The van der Waals surface area contributed by atoms with Crippen LogP contribution in [0.25, 0.3) is 10.1 Å². The van der Waals surface area contributed by atoms with Gasteiger partial charge in [-0.1, -0.05) is 44.2 Å². The number of carbonyl (C=O) groups excluding carboxylic acids is 1. The Bertz CT molecular complexity index is 1150. The van der Waals surface area contributed by atoms with Gasteiger partial charge in [0.15, 0.2) is 0 Å². The molecule has 6 nitrogen and oxygen atoms in total. The van der Waals surface area contributed by atoms with Crippen molar-refractivity contribution in [1.82, 2.24) is 13.6 Å². The first-order valence-corrected chi connectivity index (χ1v) is 12.3. The second-order valence-electron chi connectivity index (χ2n) is 7.97. The second kappa shape index (κ2) is 8.45. The van der Waals surface area contributed by atoms with Crippen molar-refractivity contribution in [2.75, 3.05) is 26.2 Å². The zero-order valence-electron chi connectivity index (χ0n) is 17.1. The molecule has 0 saturated carbocycles. The zero-order chi connectivity index (χ0) is 21.3. The molecule has 0 atom stereocenters. The van der Waals surface area contributed by atoms with Crippen LogP contribution in [0.5, 0.6) is 0 Å². The average molecular weight is 444 g/mol. The first kappa shape index (κ1) is 21.0. The highest BCUT2D eigenvalue weighted by Gasteiger charge is 2.31. The van der Waals surface area contributed by atoms with Gasteiger partial charge in [-0.25, -0.2) is 8.42 Å². The van der Waals surface area contributed by atoms with Crippen LogP contribution >= 0.6 is 11.5 Å². The fourth-order valence-corrected chi connectivity index (χ4v) is 5.93. The van der Waals surface area contributed by atoms with Crippen molar-refractivity contribution in [2.24, 2.45) is 5.92 Å². The smallest absolute Gasteiger partial charge is 0.274 e. The summed E-state index contributed by atoms with van der Waals surface area (Å²) < 4.78 is 32.8. The molecule has 8 heteroatoms. The lowest BCUT2D eigenvalue weighted by molar-refractivity contribution is 0.0695. The van der Waals surface area contributed by atoms with Crippen LogP contribution in [0.1, 0.15) is 29.9 Å². The van der Waals surface area contributed by atoms with E-state index in [2.05, 4.69) is 18.2 Å². The fraction of sp³-hybridized carbons (Fsp3) is 0.364. The Kier molecular flexibility index (Phi) is 5.90. The molecule has 1 aliphatic heterocycles. The fourth-order valence-electron chi connectivity index (χ4n) is 3.74. The number of hydrogen-bond acceptors (Lipinski definition) is 5. The molecule has 0 aliphatic carbocycles. The van der Waals surface area contributed by atoms with Crippen molar-refractivity contribution in [1.29, 1.82) is 0 Å². The van der Waals surface area contributed by atoms with E-state index in [0.717, 1.165) is 22.1 Å². The summed E-state index contributed by atoms with van der Waals surface area (Å²) in [4.78, 5) is 14.9. The average Bonchev–Trinajstić information content (AvgIpc) is 3.17. The van der Waals surface area contributed by atoms with Gasteiger partial charge in [0.2, 0.25) is 10.0 Å². The number of rotatable bonds is 5. The van der Waals surface area contributed by atoms with E-state index in [1.165, 1.54) is 15.8 Å². The van der Waals surface area contributed by atoms with Crippen molar-refractivity contribution >= 4 is 37.5 Å². The van der Waals surface area contributed by atoms with Gasteiger partial charge in [0.25, 0.3) is 5.91 Å². The number of nitrogens with zero attached hydrogens (tertiary/aromatic N) is 3. The quantitative estimate of drug-likeness (QED) is 0.604. The minimum atomic E-state index is -3.56. The molecule has 1 aromatic heterocycles. The molecule has 4 rings (SSSR count). The molecule has 0 N–H and O–H groups in total. The first-order chi connectivity index (χ1) is 14.4. The van der Waals surface area contributed by atoms with E-state index < -0.39 is 10.0 Å². The molecular weight excluding hydrogens is 418 g/mol. The lowest BCUT2D eigenvalue weighted by atomic mass is 10.0. The van der Waals surface area contributed by atoms with Crippen LogP contribution in [0.2, 0.25) is 0 Å². The summed E-state index contributed by atoms with van der Waals surface area (Å²) in [6.45, 7) is 5.55. The van der Waals surface area contributed by atoms with E-state index in [-0.39, 0.29) is 19.0 Å². The van der Waals surface area contributed by atoms with Crippen LogP contribution in [0.4, 0.5) is 0 Å². The van der Waals surface area contributed by atoms with E-state index in [1.807, 2.05) is 36.4 Å². The number of amides is 1. The summed E-state index contributed by atoms with van der Waals surface area (Å²) in [6, 6.07) is 14.8. The van der Waals surface area contributed by atoms with Crippen molar-refractivity contribution in [3.05, 3.63) is 59.8 Å². The number of benzene rings is 2. The third kappa shape index (κ3) is 4.12. The van der Waals surface area contributed by atoms with Crippen molar-refractivity contribution in [2.45, 2.75) is 25.2 Å². The predicted octanol–water partition coefficient (Wildman–Crippen LogP) is 3.64. The highest BCUT2D eigenvalue weighted by Crippen LogP contribution is 2.25. The Hall–Kier alpha value is -2.29. The Morgan fingerprint density at radius 3 is 2.37 bits per heavy atom. The molecule has 1 saturated heterocycles. The normalized spacial score (nSPS) is 15.8. The molecule has 1 aliphatic rings. The highest BCUT2D eigenvalue weighted by atomic mass is 32.2. The van der Waals surface area contributed by atoms with Crippen molar-refractivity contribution < 1.29 is 13.2 Å². The van der Waals surface area contributed by atoms with Crippen LogP contribution in [0, 0.1) is 5.92 Å². The van der Waals surface area contributed by atoms with E-state index in [1.54, 1.807) is 17.0 Å². The molecule has 0 spiro atoms. The van der Waals surface area contributed by atoms with Gasteiger partial charge in [-0.15, -0.1) is 0 Å². The lowest BCUT2D eigenvalue weighted by Gasteiger charge is -2.33.